The van der Waals surface area contributed by atoms with Gasteiger partial charge in [-0.3, -0.25) is 19.3 Å². The minimum absolute atomic E-state index is 0.0267. The standard InChI is InChI=1S/C22H28FN5O3/c1-3-4-9-24-20(30)15-26-10-12-27(13-11-26)22(31)21-19(29)14-16(2)28(25-21)18-8-6-5-7-17(18)23/h5-8,14H,3-4,9-13,15H2,1-2H3,(H,24,30). The highest BCUT2D eigenvalue weighted by atomic mass is 19.1. The number of para-hydroxylation sites is 1. The molecule has 1 aromatic carbocycles. The number of rotatable bonds is 7. The number of halogens is 1. The molecule has 1 aliphatic rings. The van der Waals surface area contributed by atoms with E-state index in [1.54, 1.807) is 30.0 Å². The number of hydrogen-bond donors (Lipinski definition) is 1. The van der Waals surface area contributed by atoms with Gasteiger partial charge >= 0.3 is 0 Å². The predicted octanol–water partition coefficient (Wildman–Crippen LogP) is 1.35. The lowest BCUT2D eigenvalue weighted by Gasteiger charge is -2.34. The van der Waals surface area contributed by atoms with E-state index in [1.807, 2.05) is 4.90 Å². The maximum absolute atomic E-state index is 14.2. The molecule has 31 heavy (non-hydrogen) atoms. The van der Waals surface area contributed by atoms with Crippen molar-refractivity contribution < 1.29 is 14.0 Å². The number of carbonyl (C=O) groups is 2. The molecular weight excluding hydrogens is 401 g/mol. The largest absolute Gasteiger partial charge is 0.355 e. The van der Waals surface area contributed by atoms with E-state index < -0.39 is 17.2 Å². The summed E-state index contributed by atoms with van der Waals surface area (Å²) in [5.74, 6) is -1.01. The molecule has 2 aromatic rings. The molecule has 0 unspecified atom stereocenters. The van der Waals surface area contributed by atoms with E-state index in [4.69, 9.17) is 0 Å². The topological polar surface area (TPSA) is 87.5 Å². The Balaban J connectivity index is 1.67. The average Bonchev–Trinajstić information content (AvgIpc) is 2.75. The molecule has 0 spiro atoms. The van der Waals surface area contributed by atoms with Crippen LogP contribution in [-0.2, 0) is 4.79 Å². The van der Waals surface area contributed by atoms with Crippen LogP contribution in [0.4, 0.5) is 4.39 Å². The van der Waals surface area contributed by atoms with Crippen LogP contribution < -0.4 is 10.7 Å². The van der Waals surface area contributed by atoms with Gasteiger partial charge in [-0.1, -0.05) is 25.5 Å². The summed E-state index contributed by atoms with van der Waals surface area (Å²) in [6.45, 7) is 6.48. The summed E-state index contributed by atoms with van der Waals surface area (Å²) in [6, 6.07) is 7.36. The van der Waals surface area contributed by atoms with Crippen LogP contribution >= 0.6 is 0 Å². The maximum atomic E-state index is 14.2. The first-order valence-electron chi connectivity index (χ1n) is 10.5. The molecule has 1 saturated heterocycles. The fourth-order valence-corrected chi connectivity index (χ4v) is 3.49. The van der Waals surface area contributed by atoms with Crippen molar-refractivity contribution >= 4 is 11.8 Å². The molecule has 8 nitrogen and oxygen atoms in total. The molecule has 1 aromatic heterocycles. The fourth-order valence-electron chi connectivity index (χ4n) is 3.49. The zero-order valence-corrected chi connectivity index (χ0v) is 17.9. The Labute approximate surface area is 180 Å². The molecule has 0 bridgehead atoms. The van der Waals surface area contributed by atoms with Gasteiger partial charge in [-0.2, -0.15) is 5.10 Å². The van der Waals surface area contributed by atoms with Crippen LogP contribution in [0.2, 0.25) is 0 Å². The maximum Gasteiger partial charge on any atom is 0.278 e. The zero-order chi connectivity index (χ0) is 22.4. The van der Waals surface area contributed by atoms with Crippen molar-refractivity contribution in [2.45, 2.75) is 26.7 Å². The Morgan fingerprint density at radius 1 is 1.16 bits per heavy atom. The highest BCUT2D eigenvalue weighted by Gasteiger charge is 2.26. The first-order valence-corrected chi connectivity index (χ1v) is 10.5. The number of unbranched alkanes of at least 4 members (excludes halogenated alkanes) is 1. The van der Waals surface area contributed by atoms with Crippen LogP contribution in [0.15, 0.2) is 35.1 Å². The third-order valence-corrected chi connectivity index (χ3v) is 5.27. The Bertz CT molecular complexity index is 999. The molecule has 166 valence electrons. The van der Waals surface area contributed by atoms with Gasteiger partial charge in [0.15, 0.2) is 5.69 Å². The summed E-state index contributed by atoms with van der Waals surface area (Å²) >= 11 is 0. The van der Waals surface area contributed by atoms with Crippen LogP contribution in [0, 0.1) is 12.7 Å². The third-order valence-electron chi connectivity index (χ3n) is 5.27. The summed E-state index contributed by atoms with van der Waals surface area (Å²) in [6.07, 6.45) is 1.97. The normalized spacial score (nSPS) is 14.5. The van der Waals surface area contributed by atoms with Gasteiger partial charge in [-0.15, -0.1) is 0 Å². The lowest BCUT2D eigenvalue weighted by Crippen LogP contribution is -2.52. The van der Waals surface area contributed by atoms with Crippen molar-refractivity contribution in [3.63, 3.8) is 0 Å². The summed E-state index contributed by atoms with van der Waals surface area (Å²) in [4.78, 5) is 40.9. The van der Waals surface area contributed by atoms with E-state index in [1.165, 1.54) is 16.8 Å². The van der Waals surface area contributed by atoms with Crippen LogP contribution in [0.1, 0.15) is 35.9 Å². The number of nitrogens with one attached hydrogen (secondary N) is 1. The van der Waals surface area contributed by atoms with Gasteiger partial charge < -0.3 is 10.2 Å². The summed E-state index contributed by atoms with van der Waals surface area (Å²) in [5, 5.41) is 7.07. The average molecular weight is 429 g/mol. The monoisotopic (exact) mass is 429 g/mol. The SMILES string of the molecule is CCCCNC(=O)CN1CCN(C(=O)c2nn(-c3ccccc3F)c(C)cc2=O)CC1. The van der Waals surface area contributed by atoms with E-state index in [2.05, 4.69) is 17.3 Å². The van der Waals surface area contributed by atoms with Gasteiger partial charge in [-0.05, 0) is 25.5 Å². The highest BCUT2D eigenvalue weighted by molar-refractivity contribution is 5.92. The Morgan fingerprint density at radius 3 is 2.55 bits per heavy atom. The number of carbonyl (C=O) groups excluding carboxylic acids is 2. The van der Waals surface area contributed by atoms with Gasteiger partial charge in [0.1, 0.15) is 11.5 Å². The van der Waals surface area contributed by atoms with E-state index in [-0.39, 0.29) is 23.8 Å². The predicted molar refractivity (Wildman–Crippen MR) is 115 cm³/mol. The summed E-state index contributed by atoms with van der Waals surface area (Å²) in [5.41, 5.74) is -0.119. The first kappa shape index (κ1) is 22.6. The fraction of sp³-hybridized carbons (Fsp3) is 0.455. The molecule has 1 fully saturated rings. The molecule has 0 radical (unpaired) electrons. The zero-order valence-electron chi connectivity index (χ0n) is 17.9. The lowest BCUT2D eigenvalue weighted by molar-refractivity contribution is -0.122. The van der Waals surface area contributed by atoms with Gasteiger partial charge in [0.25, 0.3) is 5.91 Å². The number of benzene rings is 1. The third kappa shape index (κ3) is 5.55. The van der Waals surface area contributed by atoms with Crippen molar-refractivity contribution in [2.24, 2.45) is 0 Å². The molecule has 2 amide bonds. The second kappa shape index (κ2) is 10.3. The molecule has 2 heterocycles. The molecule has 1 aliphatic heterocycles. The van der Waals surface area contributed by atoms with Gasteiger partial charge in [-0.25, -0.2) is 9.07 Å². The summed E-state index contributed by atoms with van der Waals surface area (Å²) < 4.78 is 15.5. The summed E-state index contributed by atoms with van der Waals surface area (Å²) in [7, 11) is 0. The van der Waals surface area contributed by atoms with Crippen molar-refractivity contribution in [2.75, 3.05) is 39.3 Å². The van der Waals surface area contributed by atoms with Crippen molar-refractivity contribution in [1.82, 2.24) is 24.9 Å². The van der Waals surface area contributed by atoms with Crippen molar-refractivity contribution in [3.05, 3.63) is 57.8 Å². The molecule has 3 rings (SSSR count). The van der Waals surface area contributed by atoms with E-state index in [9.17, 15) is 18.8 Å². The number of piperazine rings is 1. The molecular formula is C22H28FN5O3. The van der Waals surface area contributed by atoms with E-state index >= 15 is 0 Å². The van der Waals surface area contributed by atoms with Crippen molar-refractivity contribution in [3.8, 4) is 5.69 Å². The smallest absolute Gasteiger partial charge is 0.278 e. The van der Waals surface area contributed by atoms with Gasteiger partial charge in [0.05, 0.1) is 6.54 Å². The molecule has 0 atom stereocenters. The lowest BCUT2D eigenvalue weighted by atomic mass is 10.2. The second-order valence-electron chi connectivity index (χ2n) is 7.63. The van der Waals surface area contributed by atoms with Gasteiger partial charge in [0.2, 0.25) is 11.3 Å². The Morgan fingerprint density at radius 2 is 1.87 bits per heavy atom. The van der Waals surface area contributed by atoms with Crippen LogP contribution in [0.25, 0.3) is 5.69 Å². The molecule has 0 aliphatic carbocycles. The van der Waals surface area contributed by atoms with E-state index in [0.29, 0.717) is 38.4 Å². The molecule has 9 heteroatoms. The quantitative estimate of drug-likeness (QED) is 0.672. The van der Waals surface area contributed by atoms with Gasteiger partial charge in [0, 0.05) is 44.5 Å². The Hall–Kier alpha value is -3.07. The molecule has 0 saturated carbocycles. The van der Waals surface area contributed by atoms with E-state index in [0.717, 1.165) is 12.8 Å². The number of aromatic nitrogens is 2. The second-order valence-corrected chi connectivity index (χ2v) is 7.63. The first-order chi connectivity index (χ1) is 14.9. The Kier molecular flexibility index (Phi) is 7.51. The highest BCUT2D eigenvalue weighted by Crippen LogP contribution is 2.14. The number of amides is 2. The number of aryl methyl sites for hydroxylation is 1. The van der Waals surface area contributed by atoms with Crippen molar-refractivity contribution in [1.29, 1.82) is 0 Å². The van der Waals surface area contributed by atoms with Crippen LogP contribution in [0.3, 0.4) is 0 Å². The van der Waals surface area contributed by atoms with Crippen LogP contribution in [-0.4, -0.2) is 70.7 Å². The number of hydrogen-bond acceptors (Lipinski definition) is 5. The molecule has 1 N–H and O–H groups in total. The van der Waals surface area contributed by atoms with Crippen LogP contribution in [0.5, 0.6) is 0 Å². The minimum Gasteiger partial charge on any atom is -0.355 e. The number of nitrogens with zero attached hydrogens (tertiary/aromatic N) is 4. The minimum atomic E-state index is -0.494.